The van der Waals surface area contributed by atoms with Gasteiger partial charge in [0.2, 0.25) is 0 Å². The molecule has 0 saturated carbocycles. The van der Waals surface area contributed by atoms with E-state index in [9.17, 15) is 9.59 Å². The van der Waals surface area contributed by atoms with Crippen molar-refractivity contribution in [3.63, 3.8) is 0 Å². The van der Waals surface area contributed by atoms with Gasteiger partial charge < -0.3 is 24.8 Å². The highest BCUT2D eigenvalue weighted by molar-refractivity contribution is 5.85. The molecule has 1 aliphatic heterocycles. The highest BCUT2D eigenvalue weighted by Gasteiger charge is 2.39. The Hall–Kier alpha value is -3.32. The topological polar surface area (TPSA) is 85.9 Å². The maximum absolute atomic E-state index is 12.8. The minimum Gasteiger partial charge on any atom is -0.489 e. The summed E-state index contributed by atoms with van der Waals surface area (Å²) in [5.41, 5.74) is 2.06. The Morgan fingerprint density at radius 2 is 1.87 bits per heavy atom. The van der Waals surface area contributed by atoms with E-state index < -0.39 is 24.0 Å². The van der Waals surface area contributed by atoms with E-state index in [-0.39, 0.29) is 12.7 Å². The molecule has 1 fully saturated rings. The van der Waals surface area contributed by atoms with E-state index in [0.29, 0.717) is 24.7 Å². The smallest absolute Gasteiger partial charge is 0.319 e. The second-order valence-electron chi connectivity index (χ2n) is 7.51. The summed E-state index contributed by atoms with van der Waals surface area (Å²) in [6, 6.07) is 16.1. The number of benzene rings is 2. The van der Waals surface area contributed by atoms with Gasteiger partial charge in [0.1, 0.15) is 24.9 Å². The predicted octanol–water partition coefficient (Wildman–Crippen LogP) is 3.72. The third kappa shape index (κ3) is 6.33. The first-order valence-corrected chi connectivity index (χ1v) is 10.3. The van der Waals surface area contributed by atoms with Crippen LogP contribution in [0.1, 0.15) is 31.0 Å². The quantitative estimate of drug-likeness (QED) is 0.473. The van der Waals surface area contributed by atoms with E-state index in [4.69, 9.17) is 14.2 Å². The molecule has 0 aliphatic carbocycles. The van der Waals surface area contributed by atoms with Gasteiger partial charge in [-0.05, 0) is 37.1 Å². The summed E-state index contributed by atoms with van der Waals surface area (Å²) in [6.45, 7) is 8.52. The number of nitrogens with one attached hydrogen (secondary N) is 2. The Bertz CT molecular complexity index is 913. The minimum absolute atomic E-state index is 0.0516. The van der Waals surface area contributed by atoms with Crippen LogP contribution in [-0.4, -0.2) is 31.3 Å². The minimum atomic E-state index is -0.777. The van der Waals surface area contributed by atoms with E-state index in [1.807, 2.05) is 68.4 Å². The van der Waals surface area contributed by atoms with Gasteiger partial charge in [0, 0.05) is 5.70 Å². The van der Waals surface area contributed by atoms with Crippen molar-refractivity contribution in [2.45, 2.75) is 32.6 Å². The molecule has 2 atom stereocenters. The molecule has 1 heterocycles. The summed E-state index contributed by atoms with van der Waals surface area (Å²) >= 11 is 0. The van der Waals surface area contributed by atoms with Crippen LogP contribution in [0.2, 0.25) is 0 Å². The van der Waals surface area contributed by atoms with Gasteiger partial charge >= 0.3 is 12.0 Å². The number of esters is 1. The monoisotopic (exact) mass is 424 g/mol. The maximum Gasteiger partial charge on any atom is 0.319 e. The Morgan fingerprint density at radius 3 is 2.61 bits per heavy atom. The van der Waals surface area contributed by atoms with Crippen LogP contribution in [0.15, 0.2) is 66.9 Å². The Morgan fingerprint density at radius 1 is 1.10 bits per heavy atom. The number of rotatable bonds is 9. The number of hydrogen-bond acceptors (Lipinski definition) is 5. The number of amides is 2. The molecule has 3 rings (SSSR count). The molecule has 31 heavy (non-hydrogen) atoms. The average molecular weight is 424 g/mol. The van der Waals surface area contributed by atoms with E-state index in [0.717, 1.165) is 11.1 Å². The fourth-order valence-electron chi connectivity index (χ4n) is 3.29. The molecule has 1 aliphatic rings. The highest BCUT2D eigenvalue weighted by Crippen LogP contribution is 2.32. The van der Waals surface area contributed by atoms with Crippen molar-refractivity contribution in [1.29, 1.82) is 0 Å². The predicted molar refractivity (Wildman–Crippen MR) is 116 cm³/mol. The molecule has 164 valence electrons. The summed E-state index contributed by atoms with van der Waals surface area (Å²) in [5, 5.41) is 5.38. The Kier molecular flexibility index (Phi) is 7.67. The lowest BCUT2D eigenvalue weighted by Crippen LogP contribution is -2.51. The van der Waals surface area contributed by atoms with Gasteiger partial charge in [-0.25, -0.2) is 4.79 Å². The molecule has 1 saturated heterocycles. The van der Waals surface area contributed by atoms with Gasteiger partial charge in [-0.1, -0.05) is 49.0 Å². The molecule has 2 aromatic rings. The summed E-state index contributed by atoms with van der Waals surface area (Å²) in [7, 11) is 0. The zero-order valence-electron chi connectivity index (χ0n) is 17.8. The van der Waals surface area contributed by atoms with Gasteiger partial charge in [0.05, 0.1) is 18.8 Å². The summed E-state index contributed by atoms with van der Waals surface area (Å²) in [5.74, 6) is -0.621. The standard InChI is InChI=1S/C24H28N2O5/c1-16(2)29-12-13-30-23(27)21-17(3)25-24(28)26-22(21)19-10-7-11-20(14-19)31-15-18-8-5-4-6-9-18/h4-11,14,16,21-22H,3,12-13,15H2,1-2H3,(H2,25,26,28)/t21-,22+/m1/s1. The molecule has 2 amide bonds. The lowest BCUT2D eigenvalue weighted by atomic mass is 9.89. The maximum atomic E-state index is 12.8. The number of hydrogen-bond donors (Lipinski definition) is 2. The van der Waals surface area contributed by atoms with Crippen LogP contribution in [0.3, 0.4) is 0 Å². The fraction of sp³-hybridized carbons (Fsp3) is 0.333. The molecule has 0 radical (unpaired) electrons. The molecule has 0 aromatic heterocycles. The van der Waals surface area contributed by atoms with Crippen LogP contribution in [0, 0.1) is 5.92 Å². The van der Waals surface area contributed by atoms with Gasteiger partial charge in [-0.2, -0.15) is 0 Å². The second kappa shape index (κ2) is 10.6. The van der Waals surface area contributed by atoms with Crippen molar-refractivity contribution in [2.24, 2.45) is 5.92 Å². The van der Waals surface area contributed by atoms with Crippen molar-refractivity contribution in [3.8, 4) is 5.75 Å². The molecule has 7 heteroatoms. The molecular weight excluding hydrogens is 396 g/mol. The number of ether oxygens (including phenoxy) is 3. The first kappa shape index (κ1) is 22.4. The number of carbonyl (C=O) groups excluding carboxylic acids is 2. The van der Waals surface area contributed by atoms with Crippen LogP contribution in [-0.2, 0) is 20.9 Å². The first-order chi connectivity index (χ1) is 14.9. The summed E-state index contributed by atoms with van der Waals surface area (Å²) in [4.78, 5) is 24.8. The average Bonchev–Trinajstić information content (AvgIpc) is 2.75. The Labute approximate surface area is 182 Å². The van der Waals surface area contributed by atoms with E-state index in [2.05, 4.69) is 17.2 Å². The SMILES string of the molecule is C=C1NC(=O)N[C@@H](c2cccc(OCc3ccccc3)c2)[C@@H]1C(=O)OCCOC(C)C. The lowest BCUT2D eigenvalue weighted by molar-refractivity contribution is -0.150. The van der Waals surface area contributed by atoms with Crippen LogP contribution >= 0.6 is 0 Å². The van der Waals surface area contributed by atoms with Crippen LogP contribution < -0.4 is 15.4 Å². The Balaban J connectivity index is 1.71. The first-order valence-electron chi connectivity index (χ1n) is 10.3. The summed E-state index contributed by atoms with van der Waals surface area (Å²) in [6.07, 6.45) is 0.0516. The van der Waals surface area contributed by atoms with Crippen molar-refractivity contribution in [1.82, 2.24) is 10.6 Å². The van der Waals surface area contributed by atoms with Gasteiger partial charge in [-0.15, -0.1) is 0 Å². The number of carbonyl (C=O) groups is 2. The second-order valence-corrected chi connectivity index (χ2v) is 7.51. The molecule has 0 unspecified atom stereocenters. The van der Waals surface area contributed by atoms with Gasteiger partial charge in [-0.3, -0.25) is 4.79 Å². The summed E-state index contributed by atoms with van der Waals surface area (Å²) < 4.78 is 16.7. The molecule has 2 N–H and O–H groups in total. The zero-order valence-corrected chi connectivity index (χ0v) is 17.8. The molecule has 0 bridgehead atoms. The zero-order chi connectivity index (χ0) is 22.2. The fourth-order valence-corrected chi connectivity index (χ4v) is 3.29. The van der Waals surface area contributed by atoms with E-state index in [1.165, 1.54) is 0 Å². The highest BCUT2D eigenvalue weighted by atomic mass is 16.6. The molecular formula is C24H28N2O5. The van der Waals surface area contributed by atoms with Gasteiger partial charge in [0.15, 0.2) is 0 Å². The normalized spacial score (nSPS) is 18.3. The number of urea groups is 1. The van der Waals surface area contributed by atoms with Crippen molar-refractivity contribution < 1.29 is 23.8 Å². The molecule has 0 spiro atoms. The van der Waals surface area contributed by atoms with Crippen molar-refractivity contribution >= 4 is 12.0 Å². The third-order valence-electron chi connectivity index (χ3n) is 4.77. The van der Waals surface area contributed by atoms with Crippen LogP contribution in [0.4, 0.5) is 4.79 Å². The largest absolute Gasteiger partial charge is 0.489 e. The van der Waals surface area contributed by atoms with Crippen LogP contribution in [0.5, 0.6) is 5.75 Å². The van der Waals surface area contributed by atoms with Crippen molar-refractivity contribution in [3.05, 3.63) is 78.0 Å². The van der Waals surface area contributed by atoms with Gasteiger partial charge in [0.25, 0.3) is 0 Å². The third-order valence-corrected chi connectivity index (χ3v) is 4.77. The van der Waals surface area contributed by atoms with Crippen LogP contribution in [0.25, 0.3) is 0 Å². The lowest BCUT2D eigenvalue weighted by Gasteiger charge is -2.33. The molecule has 2 aromatic carbocycles. The molecule has 7 nitrogen and oxygen atoms in total. The van der Waals surface area contributed by atoms with Crippen molar-refractivity contribution in [2.75, 3.05) is 13.2 Å². The van der Waals surface area contributed by atoms with E-state index >= 15 is 0 Å². The van der Waals surface area contributed by atoms with E-state index in [1.54, 1.807) is 0 Å².